The molecular formula is C21H25F3N2O3S. The van der Waals surface area contributed by atoms with Crippen LogP contribution < -0.4 is 4.74 Å². The summed E-state index contributed by atoms with van der Waals surface area (Å²) in [5.41, 5.74) is 0.844. The van der Waals surface area contributed by atoms with Crippen LogP contribution in [-0.4, -0.2) is 50.2 Å². The predicted molar refractivity (Wildman–Crippen MR) is 107 cm³/mol. The molecule has 0 spiro atoms. The minimum absolute atomic E-state index is 0.0633. The lowest BCUT2D eigenvalue weighted by Gasteiger charge is -2.29. The van der Waals surface area contributed by atoms with Crippen molar-refractivity contribution in [3.8, 4) is 5.75 Å². The first-order valence-electron chi connectivity index (χ1n) is 9.86. The average molecular weight is 443 g/mol. The van der Waals surface area contributed by atoms with E-state index in [0.29, 0.717) is 13.1 Å². The maximum Gasteiger partial charge on any atom is 0.573 e. The molecule has 0 amide bonds. The fraction of sp³-hybridized carbons (Fsp3) is 0.429. The van der Waals surface area contributed by atoms with Crippen LogP contribution in [0.4, 0.5) is 13.2 Å². The average Bonchev–Trinajstić information content (AvgIpc) is 2.72. The van der Waals surface area contributed by atoms with Crippen LogP contribution in [0.3, 0.4) is 0 Å². The van der Waals surface area contributed by atoms with Crippen LogP contribution in [0.15, 0.2) is 59.5 Å². The molecule has 0 unspecified atom stereocenters. The van der Waals surface area contributed by atoms with Gasteiger partial charge in [-0.2, -0.15) is 4.31 Å². The number of hydrogen-bond donors (Lipinski definition) is 0. The number of piperidine rings is 1. The van der Waals surface area contributed by atoms with E-state index in [0.717, 1.165) is 55.8 Å². The summed E-state index contributed by atoms with van der Waals surface area (Å²) in [6, 6.07) is 13.6. The summed E-state index contributed by atoms with van der Waals surface area (Å²) in [7, 11) is -3.89. The Bertz CT molecular complexity index is 897. The van der Waals surface area contributed by atoms with Crippen molar-refractivity contribution in [3.05, 3.63) is 60.2 Å². The molecule has 9 heteroatoms. The molecular weight excluding hydrogens is 417 g/mol. The Kier molecular flexibility index (Phi) is 7.38. The number of nitrogens with zero attached hydrogens (tertiary/aromatic N) is 2. The van der Waals surface area contributed by atoms with E-state index in [2.05, 4.69) is 9.64 Å². The van der Waals surface area contributed by atoms with Crippen LogP contribution in [0.5, 0.6) is 5.75 Å². The Morgan fingerprint density at radius 3 is 2.17 bits per heavy atom. The van der Waals surface area contributed by atoms with Crippen molar-refractivity contribution in [1.82, 2.24) is 9.21 Å². The third-order valence-corrected chi connectivity index (χ3v) is 6.87. The van der Waals surface area contributed by atoms with Crippen molar-refractivity contribution in [2.45, 2.75) is 37.1 Å². The lowest BCUT2D eigenvalue weighted by atomic mass is 10.1. The first kappa shape index (κ1) is 22.6. The molecule has 1 heterocycles. The van der Waals surface area contributed by atoms with E-state index in [9.17, 15) is 21.6 Å². The summed E-state index contributed by atoms with van der Waals surface area (Å²) in [4.78, 5) is 2.18. The molecule has 0 aliphatic carbocycles. The molecule has 0 radical (unpaired) electrons. The summed E-state index contributed by atoms with van der Waals surface area (Å²) >= 11 is 0. The molecule has 3 rings (SSSR count). The van der Waals surface area contributed by atoms with Crippen molar-refractivity contribution in [1.29, 1.82) is 0 Å². The summed E-state index contributed by atoms with van der Waals surface area (Å²) in [5.74, 6) is -0.454. The molecule has 1 aliphatic heterocycles. The molecule has 0 N–H and O–H groups in total. The lowest BCUT2D eigenvalue weighted by molar-refractivity contribution is -0.274. The molecule has 164 valence electrons. The van der Waals surface area contributed by atoms with E-state index in [1.165, 1.54) is 10.7 Å². The fourth-order valence-corrected chi connectivity index (χ4v) is 4.89. The van der Waals surface area contributed by atoms with Gasteiger partial charge in [0.15, 0.2) is 0 Å². The largest absolute Gasteiger partial charge is 0.573 e. The van der Waals surface area contributed by atoms with E-state index in [4.69, 9.17) is 0 Å². The third-order valence-electron chi connectivity index (χ3n) is 5.01. The first-order valence-corrected chi connectivity index (χ1v) is 11.3. The minimum atomic E-state index is -4.83. The van der Waals surface area contributed by atoms with E-state index in [-0.39, 0.29) is 11.4 Å². The summed E-state index contributed by atoms with van der Waals surface area (Å²) in [5, 5.41) is 0. The number of benzene rings is 2. The fourth-order valence-electron chi connectivity index (χ4n) is 3.47. The van der Waals surface area contributed by atoms with Crippen LogP contribution in [0, 0.1) is 0 Å². The van der Waals surface area contributed by atoms with Gasteiger partial charge in [0.05, 0.1) is 4.90 Å². The molecule has 0 bridgehead atoms. The van der Waals surface area contributed by atoms with Crippen LogP contribution >= 0.6 is 0 Å². The quantitative estimate of drug-likeness (QED) is 0.613. The Morgan fingerprint density at radius 1 is 0.933 bits per heavy atom. The van der Waals surface area contributed by atoms with Crippen LogP contribution in [-0.2, 0) is 16.6 Å². The molecule has 0 atom stereocenters. The number of likely N-dealkylation sites (tertiary alicyclic amines) is 1. The van der Waals surface area contributed by atoms with Crippen molar-refractivity contribution >= 4 is 10.0 Å². The standard InChI is InChI=1S/C21H25F3N2O3S/c22-21(23,24)29-19-9-11-20(12-10-19)30(27,28)26(17-18-7-3-1-4-8-18)16-15-25-13-5-2-6-14-25/h1,3-4,7-12H,2,5-6,13-17H2. The van der Waals surface area contributed by atoms with Gasteiger partial charge >= 0.3 is 6.36 Å². The molecule has 1 aliphatic rings. The van der Waals surface area contributed by atoms with Gasteiger partial charge in [-0.15, -0.1) is 13.2 Å². The van der Waals surface area contributed by atoms with E-state index >= 15 is 0 Å². The van der Waals surface area contributed by atoms with Crippen molar-refractivity contribution in [3.63, 3.8) is 0 Å². The minimum Gasteiger partial charge on any atom is -0.406 e. The maximum absolute atomic E-state index is 13.3. The monoisotopic (exact) mass is 442 g/mol. The Morgan fingerprint density at radius 2 is 1.57 bits per heavy atom. The molecule has 2 aromatic carbocycles. The zero-order valence-corrected chi connectivity index (χ0v) is 17.3. The van der Waals surface area contributed by atoms with Gasteiger partial charge in [-0.1, -0.05) is 36.8 Å². The van der Waals surface area contributed by atoms with Gasteiger partial charge in [-0.25, -0.2) is 8.42 Å². The van der Waals surface area contributed by atoms with Gasteiger partial charge in [-0.3, -0.25) is 0 Å². The summed E-state index contributed by atoms with van der Waals surface area (Å²) in [6.07, 6.45) is -1.43. The van der Waals surface area contributed by atoms with E-state index < -0.39 is 22.1 Å². The van der Waals surface area contributed by atoms with Crippen molar-refractivity contribution < 1.29 is 26.3 Å². The van der Waals surface area contributed by atoms with E-state index in [1.54, 1.807) is 0 Å². The number of hydrogen-bond acceptors (Lipinski definition) is 4. The number of halogens is 3. The normalized spacial score (nSPS) is 16.0. The maximum atomic E-state index is 13.3. The highest BCUT2D eigenvalue weighted by molar-refractivity contribution is 7.89. The van der Waals surface area contributed by atoms with Crippen LogP contribution in [0.25, 0.3) is 0 Å². The molecule has 0 aromatic heterocycles. The zero-order chi connectivity index (χ0) is 21.6. The highest BCUT2D eigenvalue weighted by Crippen LogP contribution is 2.26. The number of alkyl halides is 3. The van der Waals surface area contributed by atoms with Gasteiger partial charge in [0.25, 0.3) is 0 Å². The first-order chi connectivity index (χ1) is 14.2. The Balaban J connectivity index is 1.78. The second-order valence-electron chi connectivity index (χ2n) is 7.25. The number of ether oxygens (including phenoxy) is 1. The molecule has 2 aromatic rings. The van der Waals surface area contributed by atoms with Gasteiger partial charge in [0.2, 0.25) is 10.0 Å². The second-order valence-corrected chi connectivity index (χ2v) is 9.18. The van der Waals surface area contributed by atoms with Crippen molar-refractivity contribution in [2.75, 3.05) is 26.2 Å². The summed E-state index contributed by atoms with van der Waals surface area (Å²) < 4.78 is 68.8. The summed E-state index contributed by atoms with van der Waals surface area (Å²) in [6.45, 7) is 3.00. The number of rotatable bonds is 8. The van der Waals surface area contributed by atoms with Crippen molar-refractivity contribution in [2.24, 2.45) is 0 Å². The van der Waals surface area contributed by atoms with Gasteiger partial charge in [0, 0.05) is 19.6 Å². The highest BCUT2D eigenvalue weighted by Gasteiger charge is 2.31. The number of sulfonamides is 1. The molecule has 1 saturated heterocycles. The lowest BCUT2D eigenvalue weighted by Crippen LogP contribution is -2.40. The predicted octanol–water partition coefficient (Wildman–Crippen LogP) is 4.26. The molecule has 30 heavy (non-hydrogen) atoms. The topological polar surface area (TPSA) is 49.9 Å². The third kappa shape index (κ3) is 6.45. The smallest absolute Gasteiger partial charge is 0.406 e. The molecule has 5 nitrogen and oxygen atoms in total. The second kappa shape index (κ2) is 9.80. The Labute approximate surface area is 175 Å². The Hall–Kier alpha value is -2.10. The zero-order valence-electron chi connectivity index (χ0n) is 16.5. The molecule has 1 fully saturated rings. The SMILES string of the molecule is O=S(=O)(c1ccc(OC(F)(F)F)cc1)N(CCN1CCCCC1)Cc1ccccc1. The molecule has 0 saturated carbocycles. The highest BCUT2D eigenvalue weighted by atomic mass is 32.2. The van der Waals surface area contributed by atoms with Crippen LogP contribution in [0.1, 0.15) is 24.8 Å². The van der Waals surface area contributed by atoms with Gasteiger partial charge < -0.3 is 9.64 Å². The van der Waals surface area contributed by atoms with Gasteiger partial charge in [0.1, 0.15) is 5.75 Å². The van der Waals surface area contributed by atoms with Gasteiger partial charge in [-0.05, 0) is 55.8 Å². The van der Waals surface area contributed by atoms with E-state index in [1.807, 2.05) is 30.3 Å². The van der Waals surface area contributed by atoms with Crippen LogP contribution in [0.2, 0.25) is 0 Å².